The number of nitrogens with zero attached hydrogens (tertiary/aromatic N) is 2. The topological polar surface area (TPSA) is 53.9 Å². The third-order valence-corrected chi connectivity index (χ3v) is 3.76. The number of hydrogen-bond acceptors (Lipinski definition) is 2. The lowest BCUT2D eigenvalue weighted by molar-refractivity contribution is 0.274. The number of aliphatic hydroxyl groups is 1. The van der Waals surface area contributed by atoms with E-state index in [9.17, 15) is 5.11 Å². The highest BCUT2D eigenvalue weighted by Gasteiger charge is 2.10. The maximum atomic E-state index is 9.22. The Hall–Kier alpha value is -2.33. The summed E-state index contributed by atoms with van der Waals surface area (Å²) in [6, 6.07) is 16.3. The second-order valence-electron chi connectivity index (χ2n) is 5.26. The smallest absolute Gasteiger partial charge is 0.203 e. The van der Waals surface area contributed by atoms with Crippen molar-refractivity contribution in [1.29, 1.82) is 5.41 Å². The Morgan fingerprint density at radius 2 is 1.57 bits per heavy atom. The number of aryl methyl sites for hydroxylation is 1. The SMILES string of the molecule is Cc1ccc(Cn2c(=N)n(CCO)c3ccccc32)cc1. The van der Waals surface area contributed by atoms with Crippen LogP contribution < -0.4 is 5.62 Å². The molecule has 0 unspecified atom stereocenters. The summed E-state index contributed by atoms with van der Waals surface area (Å²) < 4.78 is 3.83. The van der Waals surface area contributed by atoms with Crippen molar-refractivity contribution in [2.45, 2.75) is 20.0 Å². The van der Waals surface area contributed by atoms with Gasteiger partial charge in [0.1, 0.15) is 0 Å². The van der Waals surface area contributed by atoms with Gasteiger partial charge in [-0.1, -0.05) is 42.0 Å². The molecule has 0 spiro atoms. The van der Waals surface area contributed by atoms with Crippen molar-refractivity contribution in [3.8, 4) is 0 Å². The fraction of sp³-hybridized carbons (Fsp3) is 0.235. The van der Waals surface area contributed by atoms with Crippen LogP contribution in [0.5, 0.6) is 0 Å². The fourth-order valence-corrected chi connectivity index (χ4v) is 2.66. The molecule has 0 saturated heterocycles. The largest absolute Gasteiger partial charge is 0.395 e. The summed E-state index contributed by atoms with van der Waals surface area (Å²) in [5, 5.41) is 17.6. The molecular weight excluding hydrogens is 262 g/mol. The molecule has 2 N–H and O–H groups in total. The summed E-state index contributed by atoms with van der Waals surface area (Å²) >= 11 is 0. The number of aromatic nitrogens is 2. The standard InChI is InChI=1S/C17H19N3O/c1-13-6-8-14(9-7-13)12-20-16-5-3-2-4-15(16)19(10-11-21)17(20)18/h2-9,18,21H,10-12H2,1H3. The maximum absolute atomic E-state index is 9.22. The van der Waals surface area contributed by atoms with Gasteiger partial charge in [0.15, 0.2) is 0 Å². The van der Waals surface area contributed by atoms with Crippen molar-refractivity contribution in [2.24, 2.45) is 0 Å². The van der Waals surface area contributed by atoms with Gasteiger partial charge in [-0.05, 0) is 24.6 Å². The average Bonchev–Trinajstić information content (AvgIpc) is 2.76. The number of fused-ring (bicyclic) bond motifs is 1. The number of rotatable bonds is 4. The van der Waals surface area contributed by atoms with Crippen molar-refractivity contribution >= 4 is 11.0 Å². The number of nitrogens with one attached hydrogen (secondary N) is 1. The molecule has 1 aromatic heterocycles. The monoisotopic (exact) mass is 281 g/mol. The molecular formula is C17H19N3O. The highest BCUT2D eigenvalue weighted by Crippen LogP contribution is 2.14. The number of benzene rings is 2. The van der Waals surface area contributed by atoms with E-state index in [2.05, 4.69) is 31.2 Å². The number of hydrogen-bond donors (Lipinski definition) is 2. The molecule has 3 rings (SSSR count). The molecule has 0 bridgehead atoms. The molecule has 0 amide bonds. The Morgan fingerprint density at radius 1 is 0.952 bits per heavy atom. The van der Waals surface area contributed by atoms with E-state index >= 15 is 0 Å². The molecule has 108 valence electrons. The van der Waals surface area contributed by atoms with Crippen LogP contribution in [-0.2, 0) is 13.1 Å². The summed E-state index contributed by atoms with van der Waals surface area (Å²) in [6.07, 6.45) is 0. The van der Waals surface area contributed by atoms with Gasteiger partial charge < -0.3 is 14.2 Å². The molecule has 0 aliphatic heterocycles. The Bertz CT molecular complexity index is 812. The van der Waals surface area contributed by atoms with E-state index in [1.165, 1.54) is 11.1 Å². The molecule has 0 saturated carbocycles. The van der Waals surface area contributed by atoms with Crippen molar-refractivity contribution < 1.29 is 5.11 Å². The van der Waals surface area contributed by atoms with Gasteiger partial charge in [-0.2, -0.15) is 0 Å². The third kappa shape index (κ3) is 2.50. The van der Waals surface area contributed by atoms with Crippen LogP contribution in [0.2, 0.25) is 0 Å². The first-order chi connectivity index (χ1) is 10.2. The van der Waals surface area contributed by atoms with E-state index in [-0.39, 0.29) is 6.61 Å². The molecule has 0 aliphatic carbocycles. The van der Waals surface area contributed by atoms with Gasteiger partial charge in [-0.3, -0.25) is 5.41 Å². The Kier molecular flexibility index (Phi) is 3.62. The van der Waals surface area contributed by atoms with E-state index in [4.69, 9.17) is 5.41 Å². The van der Waals surface area contributed by atoms with Crippen molar-refractivity contribution in [1.82, 2.24) is 9.13 Å². The summed E-state index contributed by atoms with van der Waals surface area (Å²) in [4.78, 5) is 0. The van der Waals surface area contributed by atoms with E-state index in [1.54, 1.807) is 0 Å². The highest BCUT2D eigenvalue weighted by atomic mass is 16.3. The van der Waals surface area contributed by atoms with Crippen LogP contribution in [0.15, 0.2) is 48.5 Å². The summed E-state index contributed by atoms with van der Waals surface area (Å²) in [7, 11) is 0. The minimum Gasteiger partial charge on any atom is -0.395 e. The predicted octanol–water partition coefficient (Wildman–Crippen LogP) is 2.27. The Balaban J connectivity index is 2.11. The zero-order chi connectivity index (χ0) is 14.8. The zero-order valence-electron chi connectivity index (χ0n) is 12.1. The zero-order valence-corrected chi connectivity index (χ0v) is 12.1. The van der Waals surface area contributed by atoms with E-state index in [0.29, 0.717) is 18.7 Å². The van der Waals surface area contributed by atoms with Crippen LogP contribution in [0.4, 0.5) is 0 Å². The van der Waals surface area contributed by atoms with Gasteiger partial charge in [0.05, 0.1) is 24.2 Å². The molecule has 4 heteroatoms. The number of para-hydroxylation sites is 2. The quantitative estimate of drug-likeness (QED) is 0.757. The molecule has 0 fully saturated rings. The summed E-state index contributed by atoms with van der Waals surface area (Å²) in [5.41, 5.74) is 4.84. The van der Waals surface area contributed by atoms with Crippen molar-refractivity contribution in [3.63, 3.8) is 0 Å². The van der Waals surface area contributed by atoms with Gasteiger partial charge in [0.2, 0.25) is 5.62 Å². The fourth-order valence-electron chi connectivity index (χ4n) is 2.66. The lowest BCUT2D eigenvalue weighted by Crippen LogP contribution is -2.26. The van der Waals surface area contributed by atoms with Crippen LogP contribution in [0.25, 0.3) is 11.0 Å². The normalized spacial score (nSPS) is 11.1. The second kappa shape index (κ2) is 5.58. The predicted molar refractivity (Wildman–Crippen MR) is 83.1 cm³/mol. The average molecular weight is 281 g/mol. The van der Waals surface area contributed by atoms with Crippen LogP contribution in [0.3, 0.4) is 0 Å². The molecule has 2 aromatic carbocycles. The van der Waals surface area contributed by atoms with Gasteiger partial charge in [-0.15, -0.1) is 0 Å². The van der Waals surface area contributed by atoms with Gasteiger partial charge in [-0.25, -0.2) is 0 Å². The molecule has 0 radical (unpaired) electrons. The Labute approximate surface area is 123 Å². The van der Waals surface area contributed by atoms with E-state index in [1.807, 2.05) is 33.4 Å². The lowest BCUT2D eigenvalue weighted by Gasteiger charge is -2.05. The van der Waals surface area contributed by atoms with Crippen LogP contribution >= 0.6 is 0 Å². The minimum atomic E-state index is 0.0368. The number of imidazole rings is 1. The van der Waals surface area contributed by atoms with Gasteiger partial charge in [0.25, 0.3) is 0 Å². The minimum absolute atomic E-state index is 0.0368. The van der Waals surface area contributed by atoms with Crippen molar-refractivity contribution in [3.05, 3.63) is 65.3 Å². The molecule has 1 heterocycles. The van der Waals surface area contributed by atoms with Crippen molar-refractivity contribution in [2.75, 3.05) is 6.61 Å². The highest BCUT2D eigenvalue weighted by molar-refractivity contribution is 5.76. The molecule has 4 nitrogen and oxygen atoms in total. The summed E-state index contributed by atoms with van der Waals surface area (Å²) in [5.74, 6) is 0. The molecule has 0 aliphatic rings. The first kappa shape index (κ1) is 13.6. The van der Waals surface area contributed by atoms with E-state index < -0.39 is 0 Å². The lowest BCUT2D eigenvalue weighted by atomic mass is 10.1. The van der Waals surface area contributed by atoms with Crippen LogP contribution in [0, 0.1) is 12.3 Å². The first-order valence-corrected chi connectivity index (χ1v) is 7.10. The molecule has 0 atom stereocenters. The maximum Gasteiger partial charge on any atom is 0.203 e. The second-order valence-corrected chi connectivity index (χ2v) is 5.26. The first-order valence-electron chi connectivity index (χ1n) is 7.10. The molecule has 21 heavy (non-hydrogen) atoms. The summed E-state index contributed by atoms with van der Waals surface area (Å²) in [6.45, 7) is 3.22. The van der Waals surface area contributed by atoms with Gasteiger partial charge >= 0.3 is 0 Å². The van der Waals surface area contributed by atoms with Crippen LogP contribution in [-0.4, -0.2) is 20.8 Å². The Morgan fingerprint density at radius 3 is 2.19 bits per heavy atom. The third-order valence-electron chi connectivity index (χ3n) is 3.76. The van der Waals surface area contributed by atoms with E-state index in [0.717, 1.165) is 11.0 Å². The number of aliphatic hydroxyl groups excluding tert-OH is 1. The molecule has 3 aromatic rings. The van der Waals surface area contributed by atoms with Crippen LogP contribution in [0.1, 0.15) is 11.1 Å². The van der Waals surface area contributed by atoms with Gasteiger partial charge in [0, 0.05) is 6.54 Å².